The molecule has 0 saturated heterocycles. The van der Waals surface area contributed by atoms with Crippen LogP contribution in [0.3, 0.4) is 0 Å². The molecule has 0 spiro atoms. The highest BCUT2D eigenvalue weighted by Gasteiger charge is 2.24. The van der Waals surface area contributed by atoms with E-state index in [1.807, 2.05) is 6.92 Å². The monoisotopic (exact) mass is 270 g/mol. The molecule has 0 aliphatic carbocycles. The summed E-state index contributed by atoms with van der Waals surface area (Å²) >= 11 is 0. The van der Waals surface area contributed by atoms with Crippen molar-refractivity contribution in [1.82, 2.24) is 4.31 Å². The van der Waals surface area contributed by atoms with Gasteiger partial charge in [0.15, 0.2) is 0 Å². The third-order valence-corrected chi connectivity index (χ3v) is 5.14. The van der Waals surface area contributed by atoms with E-state index in [1.54, 1.807) is 33.0 Å². The van der Waals surface area contributed by atoms with Crippen LogP contribution in [0.1, 0.15) is 30.9 Å². The van der Waals surface area contributed by atoms with Crippen molar-refractivity contribution >= 4 is 15.7 Å². The van der Waals surface area contributed by atoms with Gasteiger partial charge in [-0.2, -0.15) is 0 Å². The third-order valence-electron chi connectivity index (χ3n) is 2.98. The highest BCUT2D eigenvalue weighted by molar-refractivity contribution is 7.89. The quantitative estimate of drug-likeness (QED) is 0.835. The van der Waals surface area contributed by atoms with Gasteiger partial charge in [0, 0.05) is 19.3 Å². The summed E-state index contributed by atoms with van der Waals surface area (Å²) in [6.07, 6.45) is 1.84. The van der Waals surface area contributed by atoms with E-state index in [9.17, 15) is 8.42 Å². The van der Waals surface area contributed by atoms with Crippen molar-refractivity contribution < 1.29 is 8.42 Å². The fraction of sp³-hybridized carbons (Fsp3) is 0.538. The second kappa shape index (κ2) is 5.71. The summed E-state index contributed by atoms with van der Waals surface area (Å²) in [7, 11) is -1.79. The normalized spacial score (nSPS) is 12.1. The van der Waals surface area contributed by atoms with E-state index >= 15 is 0 Å². The molecule has 0 amide bonds. The summed E-state index contributed by atoms with van der Waals surface area (Å²) in [5.74, 6) is 0. The maximum absolute atomic E-state index is 12.5. The molecule has 18 heavy (non-hydrogen) atoms. The van der Waals surface area contributed by atoms with Crippen LogP contribution < -0.4 is 5.73 Å². The first-order valence-electron chi connectivity index (χ1n) is 6.13. The molecule has 0 fully saturated rings. The van der Waals surface area contributed by atoms with Crippen molar-refractivity contribution in [3.05, 3.63) is 23.3 Å². The number of nitrogen functional groups attached to an aromatic ring is 1. The summed E-state index contributed by atoms with van der Waals surface area (Å²) in [5.41, 5.74) is 7.73. The average Bonchev–Trinajstić information content (AvgIpc) is 2.23. The van der Waals surface area contributed by atoms with Crippen molar-refractivity contribution in [3.8, 4) is 0 Å². The van der Waals surface area contributed by atoms with Crippen molar-refractivity contribution in [3.63, 3.8) is 0 Å². The van der Waals surface area contributed by atoms with Crippen LogP contribution in [0.15, 0.2) is 17.0 Å². The maximum Gasteiger partial charge on any atom is 0.243 e. The minimum Gasteiger partial charge on any atom is -0.399 e. The molecule has 0 aromatic heterocycles. The number of nitrogens with two attached hydrogens (primary N) is 1. The Labute approximate surface area is 110 Å². The van der Waals surface area contributed by atoms with Crippen LogP contribution in [-0.4, -0.2) is 26.3 Å². The van der Waals surface area contributed by atoms with Gasteiger partial charge in [-0.1, -0.05) is 13.3 Å². The smallest absolute Gasteiger partial charge is 0.243 e. The first kappa shape index (κ1) is 15.0. The Morgan fingerprint density at radius 1 is 1.22 bits per heavy atom. The van der Waals surface area contributed by atoms with Crippen LogP contribution >= 0.6 is 0 Å². The van der Waals surface area contributed by atoms with Crippen LogP contribution in [0, 0.1) is 13.8 Å². The van der Waals surface area contributed by atoms with E-state index in [-0.39, 0.29) is 0 Å². The highest BCUT2D eigenvalue weighted by Crippen LogP contribution is 2.25. The first-order valence-corrected chi connectivity index (χ1v) is 7.57. The number of aryl methyl sites for hydroxylation is 2. The zero-order valence-corrected chi connectivity index (χ0v) is 12.3. The zero-order chi connectivity index (χ0) is 13.9. The minimum atomic E-state index is -3.41. The molecule has 1 aromatic rings. The van der Waals surface area contributed by atoms with Crippen LogP contribution in [-0.2, 0) is 10.0 Å². The molecule has 1 rings (SSSR count). The Balaban J connectivity index is 3.20. The zero-order valence-electron chi connectivity index (χ0n) is 11.5. The lowest BCUT2D eigenvalue weighted by atomic mass is 10.1. The minimum absolute atomic E-state index is 0.385. The van der Waals surface area contributed by atoms with Gasteiger partial charge >= 0.3 is 0 Å². The molecule has 0 heterocycles. The summed E-state index contributed by atoms with van der Waals surface area (Å²) in [6.45, 7) is 6.15. The molecule has 0 radical (unpaired) electrons. The van der Waals surface area contributed by atoms with Gasteiger partial charge in [0.05, 0.1) is 4.90 Å². The van der Waals surface area contributed by atoms with E-state index in [4.69, 9.17) is 5.73 Å². The molecule has 0 bridgehead atoms. The summed E-state index contributed by atoms with van der Waals surface area (Å²) in [6, 6.07) is 3.40. The largest absolute Gasteiger partial charge is 0.399 e. The maximum atomic E-state index is 12.5. The molecule has 1 aromatic carbocycles. The summed E-state index contributed by atoms with van der Waals surface area (Å²) in [4.78, 5) is 0.385. The third kappa shape index (κ3) is 3.03. The fourth-order valence-corrected chi connectivity index (χ4v) is 3.66. The number of unbranched alkanes of at least 4 members (excludes halogenated alkanes) is 1. The van der Waals surface area contributed by atoms with Crippen molar-refractivity contribution in [2.75, 3.05) is 19.3 Å². The van der Waals surface area contributed by atoms with E-state index in [0.29, 0.717) is 28.3 Å². The Bertz CT molecular complexity index is 501. The fourth-order valence-electron chi connectivity index (χ4n) is 2.05. The second-order valence-electron chi connectivity index (χ2n) is 4.66. The van der Waals surface area contributed by atoms with Gasteiger partial charge in [0.1, 0.15) is 0 Å². The molecular weight excluding hydrogens is 248 g/mol. The molecule has 5 heteroatoms. The second-order valence-corrected chi connectivity index (χ2v) is 6.65. The lowest BCUT2D eigenvalue weighted by Crippen LogP contribution is -2.29. The van der Waals surface area contributed by atoms with Gasteiger partial charge in [0.2, 0.25) is 10.0 Å². The van der Waals surface area contributed by atoms with E-state index in [1.165, 1.54) is 4.31 Å². The molecule has 0 atom stereocenters. The number of benzene rings is 1. The van der Waals surface area contributed by atoms with Crippen molar-refractivity contribution in [2.24, 2.45) is 0 Å². The Kier molecular flexibility index (Phi) is 4.76. The average molecular weight is 270 g/mol. The van der Waals surface area contributed by atoms with Crippen LogP contribution in [0.25, 0.3) is 0 Å². The molecule has 4 nitrogen and oxygen atoms in total. The van der Waals surface area contributed by atoms with Crippen molar-refractivity contribution in [1.29, 1.82) is 0 Å². The molecule has 0 aliphatic heterocycles. The Morgan fingerprint density at radius 3 is 2.17 bits per heavy atom. The van der Waals surface area contributed by atoms with Crippen LogP contribution in [0.2, 0.25) is 0 Å². The van der Waals surface area contributed by atoms with Gasteiger partial charge in [-0.25, -0.2) is 12.7 Å². The SMILES string of the molecule is CCCCN(C)S(=O)(=O)c1c(C)cc(N)cc1C. The van der Waals surface area contributed by atoms with E-state index in [0.717, 1.165) is 12.8 Å². The predicted molar refractivity (Wildman–Crippen MR) is 75.1 cm³/mol. The topological polar surface area (TPSA) is 63.4 Å². The molecular formula is C13H22N2O2S. The number of hydrogen-bond acceptors (Lipinski definition) is 3. The molecule has 0 aliphatic rings. The standard InChI is InChI=1S/C13H22N2O2S/c1-5-6-7-15(4)18(16,17)13-10(2)8-12(14)9-11(13)3/h8-9H,5-7,14H2,1-4H3. The first-order chi connectivity index (χ1) is 8.30. The van der Waals surface area contributed by atoms with Crippen LogP contribution in [0.5, 0.6) is 0 Å². The van der Waals surface area contributed by atoms with Gasteiger partial charge in [0.25, 0.3) is 0 Å². The van der Waals surface area contributed by atoms with E-state index in [2.05, 4.69) is 0 Å². The van der Waals surface area contributed by atoms with Crippen molar-refractivity contribution in [2.45, 2.75) is 38.5 Å². The highest BCUT2D eigenvalue weighted by atomic mass is 32.2. The number of sulfonamides is 1. The van der Waals surface area contributed by atoms with Crippen LogP contribution in [0.4, 0.5) is 5.69 Å². The number of nitrogens with zero attached hydrogens (tertiary/aromatic N) is 1. The molecule has 2 N–H and O–H groups in total. The van der Waals surface area contributed by atoms with Gasteiger partial charge in [-0.3, -0.25) is 0 Å². The molecule has 102 valence electrons. The number of rotatable bonds is 5. The Morgan fingerprint density at radius 2 is 1.72 bits per heavy atom. The number of hydrogen-bond donors (Lipinski definition) is 1. The lowest BCUT2D eigenvalue weighted by molar-refractivity contribution is 0.458. The summed E-state index contributed by atoms with van der Waals surface area (Å²) in [5, 5.41) is 0. The predicted octanol–water partition coefficient (Wildman–Crippen LogP) is 2.31. The van der Waals surface area contributed by atoms with Gasteiger partial charge in [-0.05, 0) is 43.5 Å². The Hall–Kier alpha value is -1.07. The molecule has 0 unspecified atom stereocenters. The number of anilines is 1. The van der Waals surface area contributed by atoms with E-state index < -0.39 is 10.0 Å². The molecule has 0 saturated carbocycles. The summed E-state index contributed by atoms with van der Waals surface area (Å²) < 4.78 is 26.4. The van der Waals surface area contributed by atoms with Gasteiger partial charge in [-0.15, -0.1) is 0 Å². The van der Waals surface area contributed by atoms with Gasteiger partial charge < -0.3 is 5.73 Å². The lowest BCUT2D eigenvalue weighted by Gasteiger charge is -2.20.